The van der Waals surface area contributed by atoms with Crippen molar-refractivity contribution < 1.29 is 26.3 Å². The number of ether oxygens (including phenoxy) is 1. The Balaban J connectivity index is 1.55. The summed E-state index contributed by atoms with van der Waals surface area (Å²) in [6, 6.07) is 13.5. The highest BCUT2D eigenvalue weighted by Gasteiger charge is 2.31. The van der Waals surface area contributed by atoms with Crippen LogP contribution in [0.25, 0.3) is 11.4 Å². The molecule has 32 heavy (non-hydrogen) atoms. The van der Waals surface area contributed by atoms with Gasteiger partial charge in [0.05, 0.1) is 33.9 Å². The molecule has 11 heteroatoms. The van der Waals surface area contributed by atoms with Gasteiger partial charge in [-0.05, 0) is 66.7 Å². The van der Waals surface area contributed by atoms with Crippen LogP contribution in [0.4, 0.5) is 18.9 Å². The van der Waals surface area contributed by atoms with Crippen LogP contribution >= 0.6 is 0 Å². The van der Waals surface area contributed by atoms with Crippen LogP contribution in [0.1, 0.15) is 5.69 Å². The summed E-state index contributed by atoms with van der Waals surface area (Å²) in [4.78, 5) is 0.217. The Labute approximate surface area is 181 Å². The van der Waals surface area contributed by atoms with Crippen LogP contribution in [-0.4, -0.2) is 30.8 Å². The number of aromatic nitrogens is 2. The molecule has 0 amide bonds. The fraction of sp³-hybridized carbons (Fsp3) is 0.0952. The van der Waals surface area contributed by atoms with E-state index in [2.05, 4.69) is 15.3 Å². The van der Waals surface area contributed by atoms with Gasteiger partial charge in [-0.25, -0.2) is 13.1 Å². The second-order valence-corrected chi connectivity index (χ2v) is 8.86. The first-order valence-corrected chi connectivity index (χ1v) is 11.1. The molecular weight excluding hydrogens is 445 g/mol. The van der Waals surface area contributed by atoms with Crippen LogP contribution in [0.5, 0.6) is 5.75 Å². The number of hydrogen-bond acceptors (Lipinski definition) is 6. The average Bonchev–Trinajstić information content (AvgIpc) is 3.23. The Morgan fingerprint density at radius 1 is 0.969 bits per heavy atom. The van der Waals surface area contributed by atoms with Gasteiger partial charge in [-0.15, -0.1) is 13.2 Å². The van der Waals surface area contributed by atoms with Gasteiger partial charge in [0, 0.05) is 12.5 Å². The van der Waals surface area contributed by atoms with Gasteiger partial charge >= 0.3 is 6.36 Å². The molecule has 0 aliphatic carbocycles. The summed E-state index contributed by atoms with van der Waals surface area (Å²) >= 11 is 0. The average molecular weight is 462 g/mol. The zero-order chi connectivity index (χ0) is 22.9. The van der Waals surface area contributed by atoms with Gasteiger partial charge in [0.25, 0.3) is 0 Å². The molecule has 1 aliphatic heterocycles. The van der Waals surface area contributed by atoms with Crippen molar-refractivity contribution in [2.45, 2.75) is 11.3 Å². The SMILES string of the molecule is CS(=O)(=O)c1ccc(N2C=CC=C(c3ccnn3-c3ccc(OC(F)(F)F)cc3)N2)cc1. The molecule has 1 aliphatic rings. The standard InChI is InChI=1S/C21H17F3N4O3S/c1-32(29,30)18-10-6-15(7-11-18)27-14-2-3-19(26-27)20-12-13-25-28(20)16-4-8-17(9-5-16)31-21(22,23)24/h2-14,26H,1H3. The zero-order valence-electron chi connectivity index (χ0n) is 16.6. The summed E-state index contributed by atoms with van der Waals surface area (Å²) in [6.07, 6.45) is 3.34. The maximum absolute atomic E-state index is 12.4. The quantitative estimate of drug-likeness (QED) is 0.617. The molecule has 3 aromatic rings. The molecule has 0 saturated heterocycles. The lowest BCUT2D eigenvalue weighted by molar-refractivity contribution is -0.274. The van der Waals surface area contributed by atoms with E-state index in [0.717, 1.165) is 6.26 Å². The predicted octanol–water partition coefficient (Wildman–Crippen LogP) is 4.05. The van der Waals surface area contributed by atoms with Crippen LogP contribution in [0, 0.1) is 0 Å². The molecule has 0 radical (unpaired) electrons. The summed E-state index contributed by atoms with van der Waals surface area (Å²) in [5.74, 6) is -0.323. The number of nitrogens with zero attached hydrogens (tertiary/aromatic N) is 3. The molecule has 2 aromatic carbocycles. The Hall–Kier alpha value is -3.73. The van der Waals surface area contributed by atoms with Crippen LogP contribution in [0.2, 0.25) is 0 Å². The van der Waals surface area contributed by atoms with E-state index in [1.165, 1.54) is 36.4 Å². The molecule has 4 rings (SSSR count). The maximum Gasteiger partial charge on any atom is 0.573 e. The fourth-order valence-corrected chi connectivity index (χ4v) is 3.71. The summed E-state index contributed by atoms with van der Waals surface area (Å²) in [6.45, 7) is 0. The molecule has 1 aromatic heterocycles. The Morgan fingerprint density at radius 3 is 2.25 bits per heavy atom. The van der Waals surface area contributed by atoms with E-state index in [1.54, 1.807) is 46.4 Å². The number of alkyl halides is 3. The molecule has 0 unspecified atom stereocenters. The van der Waals surface area contributed by atoms with Crippen LogP contribution < -0.4 is 15.2 Å². The van der Waals surface area contributed by atoms with Crippen molar-refractivity contribution in [2.75, 3.05) is 11.3 Å². The third kappa shape index (κ3) is 4.78. The van der Waals surface area contributed by atoms with E-state index in [4.69, 9.17) is 0 Å². The van der Waals surface area contributed by atoms with E-state index < -0.39 is 16.2 Å². The van der Waals surface area contributed by atoms with Gasteiger partial charge in [-0.1, -0.05) is 0 Å². The monoisotopic (exact) mass is 462 g/mol. The first-order valence-electron chi connectivity index (χ1n) is 9.25. The highest BCUT2D eigenvalue weighted by molar-refractivity contribution is 7.90. The Kier molecular flexibility index (Phi) is 5.43. The molecule has 0 saturated carbocycles. The number of nitrogens with one attached hydrogen (secondary N) is 1. The topological polar surface area (TPSA) is 76.5 Å². The minimum absolute atomic E-state index is 0.217. The number of allylic oxidation sites excluding steroid dienone is 2. The third-order valence-electron chi connectivity index (χ3n) is 4.52. The molecule has 7 nitrogen and oxygen atoms in total. The summed E-state index contributed by atoms with van der Waals surface area (Å²) in [5.41, 5.74) is 5.79. The lowest BCUT2D eigenvalue weighted by Gasteiger charge is -2.27. The van der Waals surface area contributed by atoms with Crippen molar-refractivity contribution in [1.82, 2.24) is 15.2 Å². The van der Waals surface area contributed by atoms with Crippen molar-refractivity contribution in [1.29, 1.82) is 0 Å². The minimum atomic E-state index is -4.76. The smallest absolute Gasteiger partial charge is 0.406 e. The number of halogens is 3. The molecule has 0 atom stereocenters. The van der Waals surface area contributed by atoms with Crippen LogP contribution in [-0.2, 0) is 9.84 Å². The lowest BCUT2D eigenvalue weighted by atomic mass is 10.2. The van der Waals surface area contributed by atoms with Gasteiger partial charge in [0.1, 0.15) is 5.75 Å². The zero-order valence-corrected chi connectivity index (χ0v) is 17.4. The summed E-state index contributed by atoms with van der Waals surface area (Å²) in [7, 11) is -3.30. The van der Waals surface area contributed by atoms with Crippen molar-refractivity contribution in [2.24, 2.45) is 0 Å². The van der Waals surface area contributed by atoms with Crippen molar-refractivity contribution in [3.63, 3.8) is 0 Å². The number of sulfone groups is 1. The highest BCUT2D eigenvalue weighted by Crippen LogP contribution is 2.26. The molecule has 0 spiro atoms. The lowest BCUT2D eigenvalue weighted by Crippen LogP contribution is -2.34. The first-order chi connectivity index (χ1) is 15.1. The predicted molar refractivity (Wildman–Crippen MR) is 113 cm³/mol. The second kappa shape index (κ2) is 8.08. The molecule has 1 N–H and O–H groups in total. The van der Waals surface area contributed by atoms with Gasteiger partial charge < -0.3 is 4.74 Å². The van der Waals surface area contributed by atoms with Gasteiger partial charge in [0.15, 0.2) is 9.84 Å². The summed E-state index contributed by atoms with van der Waals surface area (Å²) in [5, 5.41) is 5.97. The number of benzene rings is 2. The van der Waals surface area contributed by atoms with E-state index in [0.29, 0.717) is 22.8 Å². The molecule has 0 fully saturated rings. The molecule has 0 bridgehead atoms. The fourth-order valence-electron chi connectivity index (χ4n) is 3.08. The normalized spacial score (nSPS) is 14.1. The van der Waals surface area contributed by atoms with Gasteiger partial charge in [0.2, 0.25) is 0 Å². The van der Waals surface area contributed by atoms with E-state index in [-0.39, 0.29) is 10.6 Å². The number of anilines is 1. The van der Waals surface area contributed by atoms with E-state index >= 15 is 0 Å². The Bertz CT molecular complexity index is 1280. The first kappa shape index (κ1) is 21.5. The van der Waals surface area contributed by atoms with E-state index in [9.17, 15) is 21.6 Å². The second-order valence-electron chi connectivity index (χ2n) is 6.84. The van der Waals surface area contributed by atoms with Crippen molar-refractivity contribution in [3.05, 3.63) is 84.8 Å². The number of hydrazine groups is 1. The van der Waals surface area contributed by atoms with Crippen LogP contribution in [0.3, 0.4) is 0 Å². The Morgan fingerprint density at radius 2 is 1.62 bits per heavy atom. The minimum Gasteiger partial charge on any atom is -0.406 e. The molecule has 2 heterocycles. The van der Waals surface area contributed by atoms with Crippen LogP contribution in [0.15, 0.2) is 84.0 Å². The molecular formula is C21H17F3N4O3S. The number of rotatable bonds is 5. The van der Waals surface area contributed by atoms with Crippen molar-refractivity contribution >= 4 is 21.2 Å². The van der Waals surface area contributed by atoms with Gasteiger partial charge in [-0.2, -0.15) is 5.10 Å². The van der Waals surface area contributed by atoms with E-state index in [1.807, 2.05) is 6.08 Å². The largest absolute Gasteiger partial charge is 0.573 e. The maximum atomic E-state index is 12.4. The third-order valence-corrected chi connectivity index (χ3v) is 5.64. The van der Waals surface area contributed by atoms with Crippen molar-refractivity contribution in [3.8, 4) is 11.4 Å². The summed E-state index contributed by atoms with van der Waals surface area (Å²) < 4.78 is 66.0. The van der Waals surface area contributed by atoms with Gasteiger partial charge in [-0.3, -0.25) is 10.4 Å². The molecule has 166 valence electrons. The highest BCUT2D eigenvalue weighted by atomic mass is 32.2. The number of hydrogen-bond donors (Lipinski definition) is 1.